The number of carbonyl (C=O) groups is 2. The fraction of sp³-hybridized carbons (Fsp3) is 0.571. The largest absolute Gasteiger partial charge is 0.459 e. The van der Waals surface area contributed by atoms with Gasteiger partial charge in [0.1, 0.15) is 0 Å². The minimum absolute atomic E-state index is 0.0364. The van der Waals surface area contributed by atoms with E-state index in [2.05, 4.69) is 5.32 Å². The number of piperidine rings is 1. The van der Waals surface area contributed by atoms with E-state index in [1.165, 1.54) is 6.26 Å². The number of likely N-dealkylation sites (tertiary alicyclic amines) is 1. The summed E-state index contributed by atoms with van der Waals surface area (Å²) in [5.74, 6) is 0.379. The molecule has 5 nitrogen and oxygen atoms in total. The number of nitrogens with one attached hydrogen (secondary N) is 1. The lowest BCUT2D eigenvalue weighted by atomic mass is 10.0. The van der Waals surface area contributed by atoms with Crippen LogP contribution in [0.5, 0.6) is 0 Å². The summed E-state index contributed by atoms with van der Waals surface area (Å²) in [7, 11) is 0. The van der Waals surface area contributed by atoms with Gasteiger partial charge in [0, 0.05) is 25.0 Å². The molecule has 0 unspecified atom stereocenters. The summed E-state index contributed by atoms with van der Waals surface area (Å²) in [6.07, 6.45) is 3.08. The molecule has 1 aromatic rings. The SMILES string of the molecule is CC(C)C(=O)N1CCC(NC(=O)c2ccco2)CC1. The first-order valence-electron chi connectivity index (χ1n) is 6.71. The molecule has 0 spiro atoms. The number of rotatable bonds is 3. The maximum absolute atomic E-state index is 11.8. The molecule has 0 saturated carbocycles. The Morgan fingerprint density at radius 1 is 1.37 bits per heavy atom. The Kier molecular flexibility index (Phi) is 4.24. The van der Waals surface area contributed by atoms with Gasteiger partial charge in [0.25, 0.3) is 5.91 Å². The van der Waals surface area contributed by atoms with Gasteiger partial charge in [0.15, 0.2) is 5.76 Å². The zero-order chi connectivity index (χ0) is 13.8. The summed E-state index contributed by atoms with van der Waals surface area (Å²) in [4.78, 5) is 25.5. The number of hydrogen-bond donors (Lipinski definition) is 1. The van der Waals surface area contributed by atoms with Gasteiger partial charge in [-0.05, 0) is 25.0 Å². The van der Waals surface area contributed by atoms with Gasteiger partial charge in [0.2, 0.25) is 5.91 Å². The van der Waals surface area contributed by atoms with Crippen LogP contribution in [-0.4, -0.2) is 35.8 Å². The molecule has 19 heavy (non-hydrogen) atoms. The number of nitrogens with zero attached hydrogens (tertiary/aromatic N) is 1. The highest BCUT2D eigenvalue weighted by atomic mass is 16.3. The highest BCUT2D eigenvalue weighted by Gasteiger charge is 2.25. The van der Waals surface area contributed by atoms with E-state index in [1.54, 1.807) is 12.1 Å². The topological polar surface area (TPSA) is 62.6 Å². The van der Waals surface area contributed by atoms with E-state index in [-0.39, 0.29) is 23.8 Å². The maximum atomic E-state index is 11.8. The number of carbonyl (C=O) groups excluding carboxylic acids is 2. The van der Waals surface area contributed by atoms with Crippen LogP contribution in [0.4, 0.5) is 0 Å². The lowest BCUT2D eigenvalue weighted by molar-refractivity contribution is -0.135. The van der Waals surface area contributed by atoms with Crippen molar-refractivity contribution < 1.29 is 14.0 Å². The fourth-order valence-corrected chi connectivity index (χ4v) is 2.27. The van der Waals surface area contributed by atoms with Crippen molar-refractivity contribution in [3.63, 3.8) is 0 Å². The summed E-state index contributed by atoms with van der Waals surface area (Å²) >= 11 is 0. The predicted octanol–water partition coefficient (Wildman–Crippen LogP) is 1.66. The van der Waals surface area contributed by atoms with Gasteiger partial charge >= 0.3 is 0 Å². The standard InChI is InChI=1S/C14H20N2O3/c1-10(2)14(18)16-7-5-11(6-8-16)15-13(17)12-4-3-9-19-12/h3-4,9-11H,5-8H2,1-2H3,(H,15,17). The fourth-order valence-electron chi connectivity index (χ4n) is 2.27. The summed E-state index contributed by atoms with van der Waals surface area (Å²) < 4.78 is 5.05. The third-order valence-electron chi connectivity index (χ3n) is 3.38. The molecule has 1 aliphatic rings. The molecule has 1 aromatic heterocycles. The normalized spacial score (nSPS) is 16.7. The van der Waals surface area contributed by atoms with Gasteiger partial charge in [-0.2, -0.15) is 0 Å². The smallest absolute Gasteiger partial charge is 0.287 e. The van der Waals surface area contributed by atoms with Crippen LogP contribution in [0.15, 0.2) is 22.8 Å². The van der Waals surface area contributed by atoms with Crippen molar-refractivity contribution in [2.24, 2.45) is 5.92 Å². The van der Waals surface area contributed by atoms with Crippen LogP contribution in [0.1, 0.15) is 37.2 Å². The lowest BCUT2D eigenvalue weighted by Gasteiger charge is -2.33. The Morgan fingerprint density at radius 2 is 2.05 bits per heavy atom. The highest BCUT2D eigenvalue weighted by molar-refractivity contribution is 5.91. The van der Waals surface area contributed by atoms with Gasteiger partial charge in [-0.25, -0.2) is 0 Å². The molecule has 0 atom stereocenters. The van der Waals surface area contributed by atoms with E-state index in [9.17, 15) is 9.59 Å². The van der Waals surface area contributed by atoms with E-state index >= 15 is 0 Å². The van der Waals surface area contributed by atoms with Crippen LogP contribution in [-0.2, 0) is 4.79 Å². The monoisotopic (exact) mass is 264 g/mol. The summed E-state index contributed by atoms with van der Waals surface area (Å²) in [5.41, 5.74) is 0. The van der Waals surface area contributed by atoms with E-state index in [0.717, 1.165) is 12.8 Å². The Morgan fingerprint density at radius 3 is 2.58 bits per heavy atom. The van der Waals surface area contributed by atoms with Crippen molar-refractivity contribution in [2.75, 3.05) is 13.1 Å². The van der Waals surface area contributed by atoms with Crippen LogP contribution in [0.3, 0.4) is 0 Å². The second-order valence-electron chi connectivity index (χ2n) is 5.21. The summed E-state index contributed by atoms with van der Waals surface area (Å²) in [6.45, 7) is 5.24. The van der Waals surface area contributed by atoms with E-state index < -0.39 is 0 Å². The zero-order valence-corrected chi connectivity index (χ0v) is 11.4. The second kappa shape index (κ2) is 5.91. The van der Waals surface area contributed by atoms with Gasteiger partial charge in [-0.1, -0.05) is 13.8 Å². The van der Waals surface area contributed by atoms with Crippen LogP contribution in [0.2, 0.25) is 0 Å². The van der Waals surface area contributed by atoms with E-state index in [1.807, 2.05) is 18.7 Å². The lowest BCUT2D eigenvalue weighted by Crippen LogP contribution is -2.47. The minimum atomic E-state index is -0.182. The van der Waals surface area contributed by atoms with Gasteiger partial charge in [-0.15, -0.1) is 0 Å². The molecule has 0 aromatic carbocycles. The first kappa shape index (κ1) is 13.6. The van der Waals surface area contributed by atoms with Crippen molar-refractivity contribution in [3.8, 4) is 0 Å². The van der Waals surface area contributed by atoms with Crippen LogP contribution < -0.4 is 5.32 Å². The molecule has 2 heterocycles. The van der Waals surface area contributed by atoms with E-state index in [0.29, 0.717) is 18.8 Å². The zero-order valence-electron chi connectivity index (χ0n) is 11.4. The Labute approximate surface area is 113 Å². The van der Waals surface area contributed by atoms with Gasteiger partial charge in [-0.3, -0.25) is 9.59 Å². The van der Waals surface area contributed by atoms with Crippen molar-refractivity contribution in [2.45, 2.75) is 32.7 Å². The quantitative estimate of drug-likeness (QED) is 0.903. The summed E-state index contributed by atoms with van der Waals surface area (Å²) in [5, 5.41) is 2.94. The summed E-state index contributed by atoms with van der Waals surface area (Å²) in [6, 6.07) is 3.46. The molecule has 2 amide bonds. The molecule has 1 aliphatic heterocycles. The van der Waals surface area contributed by atoms with Crippen molar-refractivity contribution >= 4 is 11.8 Å². The molecule has 5 heteroatoms. The van der Waals surface area contributed by atoms with Gasteiger partial charge < -0.3 is 14.6 Å². The second-order valence-corrected chi connectivity index (χ2v) is 5.21. The van der Waals surface area contributed by atoms with Gasteiger partial charge in [0.05, 0.1) is 6.26 Å². The molecule has 1 fully saturated rings. The average Bonchev–Trinajstić information content (AvgIpc) is 2.92. The highest BCUT2D eigenvalue weighted by Crippen LogP contribution is 2.14. The molecule has 0 aliphatic carbocycles. The Bertz CT molecular complexity index is 432. The third-order valence-corrected chi connectivity index (χ3v) is 3.38. The van der Waals surface area contributed by atoms with E-state index in [4.69, 9.17) is 4.42 Å². The van der Waals surface area contributed by atoms with Crippen molar-refractivity contribution in [3.05, 3.63) is 24.2 Å². The maximum Gasteiger partial charge on any atom is 0.287 e. The molecule has 104 valence electrons. The Hall–Kier alpha value is -1.78. The predicted molar refractivity (Wildman–Crippen MR) is 70.6 cm³/mol. The number of amides is 2. The Balaban J connectivity index is 1.81. The molecule has 2 rings (SSSR count). The minimum Gasteiger partial charge on any atom is -0.459 e. The number of hydrogen-bond acceptors (Lipinski definition) is 3. The molecule has 0 bridgehead atoms. The van der Waals surface area contributed by atoms with Crippen LogP contribution >= 0.6 is 0 Å². The first-order valence-corrected chi connectivity index (χ1v) is 6.71. The van der Waals surface area contributed by atoms with Crippen molar-refractivity contribution in [1.29, 1.82) is 0 Å². The number of furan rings is 1. The molecular formula is C14H20N2O3. The molecular weight excluding hydrogens is 244 g/mol. The first-order chi connectivity index (χ1) is 9.08. The average molecular weight is 264 g/mol. The molecule has 1 N–H and O–H groups in total. The van der Waals surface area contributed by atoms with Crippen LogP contribution in [0.25, 0.3) is 0 Å². The third kappa shape index (κ3) is 3.36. The molecule has 1 saturated heterocycles. The van der Waals surface area contributed by atoms with Crippen LogP contribution in [0, 0.1) is 5.92 Å². The van der Waals surface area contributed by atoms with Crippen molar-refractivity contribution in [1.82, 2.24) is 10.2 Å². The molecule has 0 radical (unpaired) electrons.